The highest BCUT2D eigenvalue weighted by molar-refractivity contribution is 6.03. The predicted octanol–water partition coefficient (Wildman–Crippen LogP) is 0.446. The van der Waals surface area contributed by atoms with Gasteiger partial charge in [0.1, 0.15) is 84.3 Å². The molecule has 0 aromatic heterocycles. The van der Waals surface area contributed by atoms with Crippen molar-refractivity contribution in [2.24, 2.45) is 52.9 Å². The fraction of sp³-hybridized carbons (Fsp3) is 0.693. The lowest BCUT2D eigenvalue weighted by atomic mass is 9.95. The normalized spacial score (nSPS) is 22.3. The number of nitrogens with two attached hydrogens (primary N) is 2. The molecule has 1 aromatic rings. The summed E-state index contributed by atoms with van der Waals surface area (Å²) in [4.78, 5) is 214. The summed E-state index contributed by atoms with van der Waals surface area (Å²) in [5, 5.41) is 42.7. The fourth-order valence-electron chi connectivity index (χ4n) is 12.2. The van der Waals surface area contributed by atoms with Crippen molar-refractivity contribution in [1.82, 2.24) is 68.7 Å². The summed E-state index contributed by atoms with van der Waals surface area (Å²) in [6.45, 7) is 28.0. The maximum atomic E-state index is 15.0. The van der Waals surface area contributed by atoms with Crippen molar-refractivity contribution in [3.8, 4) is 0 Å². The molecule has 0 unspecified atom stereocenters. The average molecular weight is 1510 g/mol. The van der Waals surface area contributed by atoms with E-state index in [1.807, 2.05) is 13.8 Å². The number of hydrogen-bond acceptors (Lipinski definition) is 18. The molecule has 17 N–H and O–H groups in total. The van der Waals surface area contributed by atoms with Crippen molar-refractivity contribution < 1.29 is 81.8 Å². The molecule has 2 aliphatic rings. The molecule has 2 aliphatic heterocycles. The van der Waals surface area contributed by atoms with E-state index in [2.05, 4.69) is 63.8 Å². The second-order valence-corrected chi connectivity index (χ2v) is 30.0. The Balaban J connectivity index is 2.02. The topological polar surface area (TPSA) is 485 Å². The second kappa shape index (κ2) is 44.9. The zero-order valence-corrected chi connectivity index (χ0v) is 65.6. The van der Waals surface area contributed by atoms with E-state index >= 15 is 9.59 Å². The number of allylic oxidation sites excluding steroid dienone is 1. The number of aliphatic hydroxyl groups is 1. The summed E-state index contributed by atoms with van der Waals surface area (Å²) < 4.78 is 5.95. The van der Waals surface area contributed by atoms with E-state index in [-0.39, 0.29) is 69.6 Å². The van der Waals surface area contributed by atoms with Gasteiger partial charge < -0.3 is 90.0 Å². The van der Waals surface area contributed by atoms with Crippen LogP contribution in [0.5, 0.6) is 0 Å². The number of nitrogens with zero attached hydrogens (tertiary/aromatic N) is 1. The van der Waals surface area contributed by atoms with Crippen molar-refractivity contribution in [1.29, 1.82) is 0 Å². The van der Waals surface area contributed by atoms with Crippen LogP contribution < -0.4 is 75.3 Å². The Morgan fingerprint density at radius 3 is 1.73 bits per heavy atom. The Hall–Kier alpha value is -9.07. The molecule has 107 heavy (non-hydrogen) atoms. The van der Waals surface area contributed by atoms with Crippen LogP contribution in [-0.4, -0.2) is 196 Å². The average Bonchev–Trinajstić information content (AvgIpc) is 1.74. The number of amides is 14. The molecule has 2 fully saturated rings. The Kier molecular flexibility index (Phi) is 38.7. The van der Waals surface area contributed by atoms with Gasteiger partial charge in [-0.2, -0.15) is 0 Å². The minimum Gasteiger partial charge on any atom is -0.458 e. The lowest BCUT2D eigenvalue weighted by molar-refractivity contribution is -0.157. The van der Waals surface area contributed by atoms with E-state index in [4.69, 9.17) is 16.2 Å². The molecule has 0 spiro atoms. The van der Waals surface area contributed by atoms with Gasteiger partial charge in [0, 0.05) is 25.8 Å². The molecular formula is C75H123N15O17. The number of benzene rings is 1. The van der Waals surface area contributed by atoms with Gasteiger partial charge in [-0.25, -0.2) is 4.79 Å². The minimum absolute atomic E-state index is 0.0136. The molecule has 600 valence electrons. The molecule has 32 nitrogen and oxygen atoms in total. The minimum atomic E-state index is -1.85. The number of primary amides is 1. The van der Waals surface area contributed by atoms with Gasteiger partial charge in [-0.05, 0) is 113 Å². The molecule has 16 atom stereocenters. The summed E-state index contributed by atoms with van der Waals surface area (Å²) in [7, 11) is 0. The third kappa shape index (κ3) is 28.9. The van der Waals surface area contributed by atoms with Gasteiger partial charge in [-0.15, -0.1) is 0 Å². The van der Waals surface area contributed by atoms with E-state index in [1.165, 1.54) is 31.7 Å². The number of carbonyl (C=O) groups excluding carboxylic acids is 15. The Labute approximate surface area is 629 Å². The van der Waals surface area contributed by atoms with Gasteiger partial charge in [-0.1, -0.05) is 153 Å². The summed E-state index contributed by atoms with van der Waals surface area (Å²) in [5.74, 6) is -16.2. The Morgan fingerprint density at radius 2 is 1.19 bits per heavy atom. The van der Waals surface area contributed by atoms with Crippen LogP contribution in [-0.2, 0) is 83.1 Å². The molecule has 2 saturated heterocycles. The summed E-state index contributed by atoms with van der Waals surface area (Å²) in [6.07, 6.45) is -0.206. The number of ether oxygens (including phenoxy) is 1. The molecule has 0 aliphatic carbocycles. The lowest BCUT2D eigenvalue weighted by Gasteiger charge is -2.33. The molecule has 32 heteroatoms. The monoisotopic (exact) mass is 1510 g/mol. The standard InChI is InChI=1S/C75H123N15O17/c1-18-43(14)59(71(102)89-62-46(17)107-75(106)58(42(12)13)85-63(94)48(20-3)78-66(97)51(37-47-28-22-21-23-29-47)81-68(99)56(40(8)9)83-70(101)60(44(15)19-2)87-73(62)104)86-64(95)49(30-25-35-76)79-67(98)52-31-26-36-90(52)74(105)57(41(10)11)84-65(96)50(33-34-53(77)92)80-72(103)61(45(16)91)88-69(100)55(39(6)7)82-54(93)32-24-27-38(4)5/h20-23,28-29,38-46,49-52,55-62,91H,18-19,24-27,30-37,76H2,1-17H3,(H2,77,92)(H,78,97)(H,79,98)(H,80,103)(H,81,99)(H,82,93)(H,83,101)(H,84,96)(H,85,94)(H,86,95)(H,87,104)(H,88,100)(H,89,102)/b48-20-/t43-,44-,45+,46+,49-,50-,51-,52+,55+,56+,57+,58-,59+,60+,61-,62+/m0/s1. The van der Waals surface area contributed by atoms with Gasteiger partial charge in [0.15, 0.2) is 0 Å². The van der Waals surface area contributed by atoms with Crippen molar-refractivity contribution >= 4 is 88.7 Å². The van der Waals surface area contributed by atoms with Crippen LogP contribution >= 0.6 is 0 Å². The first kappa shape index (κ1) is 92.1. The first-order chi connectivity index (χ1) is 50.2. The molecular weight excluding hydrogens is 1380 g/mol. The van der Waals surface area contributed by atoms with Gasteiger partial charge in [0.25, 0.3) is 5.91 Å². The lowest BCUT2D eigenvalue weighted by Crippen LogP contribution is -2.64. The van der Waals surface area contributed by atoms with Crippen molar-refractivity contribution in [3.63, 3.8) is 0 Å². The van der Waals surface area contributed by atoms with E-state index < -0.39 is 209 Å². The van der Waals surface area contributed by atoms with Crippen LogP contribution in [0.3, 0.4) is 0 Å². The third-order valence-electron chi connectivity index (χ3n) is 19.3. The molecule has 1 aromatic carbocycles. The number of likely N-dealkylation sites (tertiary alicyclic amines) is 1. The Morgan fingerprint density at radius 1 is 0.617 bits per heavy atom. The smallest absolute Gasteiger partial charge is 0.329 e. The van der Waals surface area contributed by atoms with Crippen LogP contribution in [0.1, 0.15) is 194 Å². The Bertz CT molecular complexity index is 3250. The number of cyclic esters (lactones) is 1. The van der Waals surface area contributed by atoms with Crippen LogP contribution in [0.4, 0.5) is 0 Å². The highest BCUT2D eigenvalue weighted by Crippen LogP contribution is 2.23. The molecule has 3 rings (SSSR count). The number of esters is 1. The zero-order chi connectivity index (χ0) is 80.9. The van der Waals surface area contributed by atoms with Crippen LogP contribution in [0, 0.1) is 41.4 Å². The summed E-state index contributed by atoms with van der Waals surface area (Å²) >= 11 is 0. The van der Waals surface area contributed by atoms with Gasteiger partial charge in [0.2, 0.25) is 76.8 Å². The maximum absolute atomic E-state index is 15.0. The fourth-order valence-corrected chi connectivity index (χ4v) is 12.2. The SMILES string of the molecule is C/C=C1\NC(=O)[C@H](Cc2ccccc2)NC(=O)[C@@H](C(C)C)NC(=O)[C@@H]([C@@H](C)CC)NC(=O)[C@H](NC(=O)[C@H](NC(=O)[C@H](CCCN)NC(=O)[C@H]2CCCN2C(=O)[C@H](NC(=O)[C@H](CCC(N)=O)NC(=O)[C@@H](NC(=O)[C@H](NC(=O)CCCC(C)C)C(C)C)[C@@H](C)O)C(C)C)[C@@H](C)CC)[C@@H](C)OC(=O)[C@H](C(C)C)NC1=O. The van der Waals surface area contributed by atoms with Crippen molar-refractivity contribution in [2.45, 2.75) is 279 Å². The zero-order valence-electron chi connectivity index (χ0n) is 65.6. The predicted molar refractivity (Wildman–Crippen MR) is 399 cm³/mol. The molecule has 14 amide bonds. The van der Waals surface area contributed by atoms with E-state index in [9.17, 15) is 67.4 Å². The van der Waals surface area contributed by atoms with E-state index in [1.54, 1.807) is 113 Å². The number of rotatable bonds is 35. The van der Waals surface area contributed by atoms with Crippen molar-refractivity contribution in [3.05, 3.63) is 47.7 Å². The second-order valence-electron chi connectivity index (χ2n) is 30.0. The largest absolute Gasteiger partial charge is 0.458 e. The van der Waals surface area contributed by atoms with E-state index in [0.29, 0.717) is 30.7 Å². The third-order valence-corrected chi connectivity index (χ3v) is 19.3. The van der Waals surface area contributed by atoms with Gasteiger partial charge in [0.05, 0.1) is 6.10 Å². The summed E-state index contributed by atoms with van der Waals surface area (Å²) in [6, 6.07) is -8.44. The van der Waals surface area contributed by atoms with Crippen LogP contribution in [0.2, 0.25) is 0 Å². The van der Waals surface area contributed by atoms with Crippen LogP contribution in [0.15, 0.2) is 42.1 Å². The first-order valence-corrected chi connectivity index (χ1v) is 37.8. The number of carbonyl (C=O) groups is 15. The highest BCUT2D eigenvalue weighted by Gasteiger charge is 2.44. The molecule has 2 heterocycles. The number of hydrogen-bond donors (Lipinski definition) is 15. The van der Waals surface area contributed by atoms with Gasteiger partial charge in [-0.3, -0.25) is 67.1 Å². The highest BCUT2D eigenvalue weighted by atomic mass is 16.5. The van der Waals surface area contributed by atoms with Crippen molar-refractivity contribution in [2.75, 3.05) is 13.1 Å². The van der Waals surface area contributed by atoms with Gasteiger partial charge >= 0.3 is 5.97 Å². The summed E-state index contributed by atoms with van der Waals surface area (Å²) in [5.41, 5.74) is 11.8. The number of aliphatic hydroxyl groups excluding tert-OH is 1. The maximum Gasteiger partial charge on any atom is 0.329 e. The number of nitrogens with one attached hydrogen (secondary N) is 12. The first-order valence-electron chi connectivity index (χ1n) is 37.8. The van der Waals surface area contributed by atoms with E-state index in [0.717, 1.165) is 6.42 Å². The van der Waals surface area contributed by atoms with Crippen LogP contribution in [0.25, 0.3) is 0 Å². The molecule has 0 radical (unpaired) electrons. The molecule has 0 saturated carbocycles. The molecule has 0 bridgehead atoms. The quantitative estimate of drug-likeness (QED) is 0.0324.